The van der Waals surface area contributed by atoms with Crippen LogP contribution in [-0.4, -0.2) is 48.1 Å². The lowest BCUT2D eigenvalue weighted by Crippen LogP contribution is -2.49. The fourth-order valence-corrected chi connectivity index (χ4v) is 3.25. The Labute approximate surface area is 158 Å². The summed E-state index contributed by atoms with van der Waals surface area (Å²) >= 11 is 0. The van der Waals surface area contributed by atoms with Crippen molar-refractivity contribution in [3.05, 3.63) is 47.9 Å². The van der Waals surface area contributed by atoms with Crippen LogP contribution in [0.25, 0.3) is 0 Å². The van der Waals surface area contributed by atoms with Crippen molar-refractivity contribution < 1.29 is 9.59 Å². The first-order valence-corrected chi connectivity index (χ1v) is 8.98. The van der Waals surface area contributed by atoms with Gasteiger partial charge in [0, 0.05) is 49.8 Å². The van der Waals surface area contributed by atoms with E-state index in [-0.39, 0.29) is 18.0 Å². The molecule has 8 nitrogen and oxygen atoms in total. The fraction of sp³-hybridized carbons (Fsp3) is 0.368. The van der Waals surface area contributed by atoms with E-state index in [4.69, 9.17) is 0 Å². The lowest BCUT2D eigenvalue weighted by molar-refractivity contribution is 0.0962. The van der Waals surface area contributed by atoms with E-state index in [1.165, 1.54) is 0 Å². The highest BCUT2D eigenvalue weighted by atomic mass is 16.2. The topological polar surface area (TPSA) is 99.2 Å². The van der Waals surface area contributed by atoms with Crippen molar-refractivity contribution in [2.24, 2.45) is 0 Å². The molecule has 1 atom stereocenters. The Hall–Kier alpha value is -3.16. The number of piperidine rings is 1. The second kappa shape index (κ2) is 8.48. The molecule has 1 aliphatic rings. The predicted molar refractivity (Wildman–Crippen MR) is 104 cm³/mol. The van der Waals surface area contributed by atoms with E-state index < -0.39 is 0 Å². The molecule has 1 aromatic carbocycles. The van der Waals surface area contributed by atoms with Crippen LogP contribution >= 0.6 is 0 Å². The van der Waals surface area contributed by atoms with Crippen molar-refractivity contribution in [1.29, 1.82) is 0 Å². The van der Waals surface area contributed by atoms with Crippen molar-refractivity contribution in [2.75, 3.05) is 30.4 Å². The maximum absolute atomic E-state index is 12.5. The zero-order valence-corrected chi connectivity index (χ0v) is 15.5. The van der Waals surface area contributed by atoms with Crippen LogP contribution in [-0.2, 0) is 0 Å². The van der Waals surface area contributed by atoms with Crippen LogP contribution in [0.4, 0.5) is 16.3 Å². The standard InChI is InChI=1S/C19H24N6O2/c1-13-15(18(26)20-2)6-3-7-16(13)24-19(27)23-14-5-4-10-25(12-14)17-11-21-8-9-22-17/h3,6-9,11,14H,4-5,10,12H2,1-2H3,(H,20,26)(H2,23,24,27)/t14-/m1/s1. The second-order valence-electron chi connectivity index (χ2n) is 6.50. The lowest BCUT2D eigenvalue weighted by Gasteiger charge is -2.33. The Morgan fingerprint density at radius 3 is 2.85 bits per heavy atom. The summed E-state index contributed by atoms with van der Waals surface area (Å²) in [6, 6.07) is 5.01. The van der Waals surface area contributed by atoms with Gasteiger partial charge in [0.15, 0.2) is 0 Å². The van der Waals surface area contributed by atoms with E-state index >= 15 is 0 Å². The summed E-state index contributed by atoms with van der Waals surface area (Å²) < 4.78 is 0. The Balaban J connectivity index is 1.62. The fourth-order valence-electron chi connectivity index (χ4n) is 3.25. The van der Waals surface area contributed by atoms with Crippen LogP contribution in [0.2, 0.25) is 0 Å². The Bertz CT molecular complexity index is 811. The summed E-state index contributed by atoms with van der Waals surface area (Å²) in [5.74, 6) is 0.641. The van der Waals surface area contributed by atoms with E-state index in [1.807, 2.05) is 6.92 Å². The van der Waals surface area contributed by atoms with E-state index in [0.29, 0.717) is 17.8 Å². The van der Waals surface area contributed by atoms with E-state index in [0.717, 1.165) is 30.8 Å². The molecule has 0 unspecified atom stereocenters. The Kier molecular flexibility index (Phi) is 5.85. The first-order chi connectivity index (χ1) is 13.1. The quantitative estimate of drug-likeness (QED) is 0.766. The lowest BCUT2D eigenvalue weighted by atomic mass is 10.1. The van der Waals surface area contributed by atoms with Gasteiger partial charge in [0.25, 0.3) is 5.91 Å². The molecule has 2 aromatic rings. The van der Waals surface area contributed by atoms with E-state index in [9.17, 15) is 9.59 Å². The molecule has 142 valence electrons. The summed E-state index contributed by atoms with van der Waals surface area (Å²) in [5, 5.41) is 8.48. The van der Waals surface area contributed by atoms with Gasteiger partial charge in [0.05, 0.1) is 6.20 Å². The number of carbonyl (C=O) groups is 2. The zero-order valence-electron chi connectivity index (χ0n) is 15.5. The molecule has 27 heavy (non-hydrogen) atoms. The number of nitrogens with one attached hydrogen (secondary N) is 3. The van der Waals surface area contributed by atoms with Crippen LogP contribution in [0.3, 0.4) is 0 Å². The first-order valence-electron chi connectivity index (χ1n) is 8.98. The Morgan fingerprint density at radius 1 is 1.26 bits per heavy atom. The van der Waals surface area contributed by atoms with Crippen molar-refractivity contribution in [1.82, 2.24) is 20.6 Å². The number of amides is 3. The van der Waals surface area contributed by atoms with E-state index in [2.05, 4.69) is 30.8 Å². The summed E-state index contributed by atoms with van der Waals surface area (Å²) in [7, 11) is 1.58. The molecule has 0 radical (unpaired) electrons. The molecule has 0 saturated carbocycles. The number of rotatable bonds is 4. The second-order valence-corrected chi connectivity index (χ2v) is 6.50. The molecular formula is C19H24N6O2. The highest BCUT2D eigenvalue weighted by Crippen LogP contribution is 2.20. The van der Waals surface area contributed by atoms with Crippen LogP contribution in [0, 0.1) is 6.92 Å². The molecule has 0 spiro atoms. The maximum atomic E-state index is 12.5. The molecule has 2 heterocycles. The van der Waals surface area contributed by atoms with Crippen molar-refractivity contribution in [3.63, 3.8) is 0 Å². The number of carbonyl (C=O) groups excluding carboxylic acids is 2. The number of benzene rings is 1. The number of hydrogen-bond donors (Lipinski definition) is 3. The van der Waals surface area contributed by atoms with Gasteiger partial charge in [-0.15, -0.1) is 0 Å². The molecule has 8 heteroatoms. The van der Waals surface area contributed by atoms with Crippen molar-refractivity contribution >= 4 is 23.4 Å². The highest BCUT2D eigenvalue weighted by Gasteiger charge is 2.22. The van der Waals surface area contributed by atoms with Gasteiger partial charge in [-0.25, -0.2) is 9.78 Å². The van der Waals surface area contributed by atoms with Crippen LogP contribution < -0.4 is 20.9 Å². The number of anilines is 2. The zero-order chi connectivity index (χ0) is 19.2. The molecule has 0 bridgehead atoms. The summed E-state index contributed by atoms with van der Waals surface area (Å²) in [6.07, 6.45) is 6.91. The maximum Gasteiger partial charge on any atom is 0.319 e. The monoisotopic (exact) mass is 368 g/mol. The number of nitrogens with zero attached hydrogens (tertiary/aromatic N) is 3. The molecule has 1 aromatic heterocycles. The molecule has 1 fully saturated rings. The summed E-state index contributed by atoms with van der Waals surface area (Å²) in [5.41, 5.74) is 1.90. The third-order valence-electron chi connectivity index (χ3n) is 4.68. The van der Waals surface area contributed by atoms with Crippen LogP contribution in [0.15, 0.2) is 36.8 Å². The molecule has 0 aliphatic carbocycles. The highest BCUT2D eigenvalue weighted by molar-refractivity contribution is 5.98. The van der Waals surface area contributed by atoms with Gasteiger partial charge in [-0.3, -0.25) is 9.78 Å². The minimum atomic E-state index is -0.279. The molecule has 3 rings (SSSR count). The van der Waals surface area contributed by atoms with Gasteiger partial charge in [-0.2, -0.15) is 0 Å². The Morgan fingerprint density at radius 2 is 2.11 bits per heavy atom. The molecule has 1 aliphatic heterocycles. The average Bonchev–Trinajstić information content (AvgIpc) is 2.70. The smallest absolute Gasteiger partial charge is 0.319 e. The normalized spacial score (nSPS) is 16.5. The number of aromatic nitrogens is 2. The van der Waals surface area contributed by atoms with Crippen molar-refractivity contribution in [2.45, 2.75) is 25.8 Å². The van der Waals surface area contributed by atoms with Gasteiger partial charge in [0.1, 0.15) is 5.82 Å². The van der Waals surface area contributed by atoms with Gasteiger partial charge in [-0.05, 0) is 37.5 Å². The molecule has 3 amide bonds. The van der Waals surface area contributed by atoms with Crippen LogP contribution in [0.1, 0.15) is 28.8 Å². The number of urea groups is 1. The van der Waals surface area contributed by atoms with Crippen molar-refractivity contribution in [3.8, 4) is 0 Å². The third kappa shape index (κ3) is 4.52. The largest absolute Gasteiger partial charge is 0.355 e. The first kappa shape index (κ1) is 18.6. The van der Waals surface area contributed by atoms with Crippen LogP contribution in [0.5, 0.6) is 0 Å². The minimum Gasteiger partial charge on any atom is -0.355 e. The SMILES string of the molecule is CNC(=O)c1cccc(NC(=O)N[C@@H]2CCCN(c3cnccn3)C2)c1C. The van der Waals surface area contributed by atoms with Gasteiger partial charge < -0.3 is 20.9 Å². The number of hydrogen-bond acceptors (Lipinski definition) is 5. The van der Waals surface area contributed by atoms with E-state index in [1.54, 1.807) is 43.8 Å². The molecular weight excluding hydrogens is 344 g/mol. The summed E-state index contributed by atoms with van der Waals surface area (Å²) in [6.45, 7) is 3.39. The third-order valence-corrected chi connectivity index (χ3v) is 4.68. The predicted octanol–water partition coefficient (Wildman–Crippen LogP) is 1.94. The van der Waals surface area contributed by atoms with Gasteiger partial charge >= 0.3 is 6.03 Å². The molecule has 3 N–H and O–H groups in total. The minimum absolute atomic E-state index is 0.0168. The van der Waals surface area contributed by atoms with Gasteiger partial charge in [0.2, 0.25) is 0 Å². The van der Waals surface area contributed by atoms with Gasteiger partial charge in [-0.1, -0.05) is 6.07 Å². The summed E-state index contributed by atoms with van der Waals surface area (Å²) in [4.78, 5) is 34.9. The molecule has 1 saturated heterocycles. The average molecular weight is 368 g/mol.